The number of hydrogen-bond donors (Lipinski definition) is 1. The van der Waals surface area contributed by atoms with Crippen molar-refractivity contribution >= 4 is 5.91 Å². The molecule has 0 radical (unpaired) electrons. The highest BCUT2D eigenvalue weighted by Gasteiger charge is 2.15. The summed E-state index contributed by atoms with van der Waals surface area (Å²) in [6.07, 6.45) is 2.84. The molecule has 1 aromatic carbocycles. The van der Waals surface area contributed by atoms with Crippen molar-refractivity contribution < 1.29 is 4.79 Å². The zero-order valence-corrected chi connectivity index (χ0v) is 10.1. The van der Waals surface area contributed by atoms with Crippen LogP contribution in [0.3, 0.4) is 0 Å². The SMILES string of the molecule is NC(=O)CC(Cc1ccccn1)c1ccccc1. The lowest BCUT2D eigenvalue weighted by atomic mass is 9.91. The lowest BCUT2D eigenvalue weighted by Gasteiger charge is -2.15. The van der Waals surface area contributed by atoms with Gasteiger partial charge in [0.05, 0.1) is 0 Å². The minimum absolute atomic E-state index is 0.0959. The first kappa shape index (κ1) is 12.3. The third kappa shape index (κ3) is 3.42. The van der Waals surface area contributed by atoms with E-state index in [4.69, 9.17) is 5.73 Å². The highest BCUT2D eigenvalue weighted by molar-refractivity contribution is 5.74. The fourth-order valence-electron chi connectivity index (χ4n) is 2.05. The normalized spacial score (nSPS) is 12.0. The summed E-state index contributed by atoms with van der Waals surface area (Å²) >= 11 is 0. The van der Waals surface area contributed by atoms with Gasteiger partial charge in [0, 0.05) is 18.3 Å². The molecule has 2 rings (SSSR count). The van der Waals surface area contributed by atoms with Crippen LogP contribution in [0.15, 0.2) is 54.7 Å². The number of rotatable bonds is 5. The molecule has 0 fully saturated rings. The van der Waals surface area contributed by atoms with E-state index in [1.165, 1.54) is 0 Å². The number of benzene rings is 1. The van der Waals surface area contributed by atoms with Crippen LogP contribution >= 0.6 is 0 Å². The molecule has 3 nitrogen and oxygen atoms in total. The zero-order valence-electron chi connectivity index (χ0n) is 10.1. The fourth-order valence-corrected chi connectivity index (χ4v) is 2.05. The number of carbonyl (C=O) groups excluding carboxylic acids is 1. The molecular weight excluding hydrogens is 224 g/mol. The summed E-state index contributed by atoms with van der Waals surface area (Å²) in [5.74, 6) is -0.182. The summed E-state index contributed by atoms with van der Waals surface area (Å²) in [6, 6.07) is 15.8. The molecule has 0 aliphatic heterocycles. The Bertz CT molecular complexity index is 496. The molecule has 1 aromatic heterocycles. The predicted octanol–water partition coefficient (Wildman–Crippen LogP) is 2.28. The van der Waals surface area contributed by atoms with E-state index in [1.807, 2.05) is 48.5 Å². The first-order chi connectivity index (χ1) is 8.75. The van der Waals surface area contributed by atoms with Gasteiger partial charge in [0.25, 0.3) is 0 Å². The van der Waals surface area contributed by atoms with E-state index in [0.717, 1.165) is 17.7 Å². The molecular formula is C15H16N2O. The van der Waals surface area contributed by atoms with Crippen molar-refractivity contribution in [2.24, 2.45) is 5.73 Å². The van der Waals surface area contributed by atoms with Crippen LogP contribution in [0.25, 0.3) is 0 Å². The Morgan fingerprint density at radius 3 is 2.44 bits per heavy atom. The molecule has 1 atom stereocenters. The van der Waals surface area contributed by atoms with Crippen molar-refractivity contribution in [1.82, 2.24) is 4.98 Å². The molecule has 0 saturated heterocycles. The van der Waals surface area contributed by atoms with Crippen LogP contribution in [-0.4, -0.2) is 10.9 Å². The molecule has 3 heteroatoms. The van der Waals surface area contributed by atoms with Gasteiger partial charge >= 0.3 is 0 Å². The number of nitrogens with two attached hydrogens (primary N) is 1. The smallest absolute Gasteiger partial charge is 0.218 e. The van der Waals surface area contributed by atoms with Crippen molar-refractivity contribution in [3.63, 3.8) is 0 Å². The van der Waals surface area contributed by atoms with Crippen LogP contribution < -0.4 is 5.73 Å². The number of amides is 1. The first-order valence-electron chi connectivity index (χ1n) is 5.99. The maximum absolute atomic E-state index is 11.2. The van der Waals surface area contributed by atoms with Crippen molar-refractivity contribution in [3.8, 4) is 0 Å². The molecule has 0 bridgehead atoms. The van der Waals surface area contributed by atoms with E-state index >= 15 is 0 Å². The number of aromatic nitrogens is 1. The number of nitrogens with zero attached hydrogens (tertiary/aromatic N) is 1. The zero-order chi connectivity index (χ0) is 12.8. The molecule has 0 aliphatic carbocycles. The van der Waals surface area contributed by atoms with Crippen molar-refractivity contribution in [1.29, 1.82) is 0 Å². The molecule has 92 valence electrons. The van der Waals surface area contributed by atoms with Gasteiger partial charge in [-0.3, -0.25) is 9.78 Å². The average molecular weight is 240 g/mol. The Hall–Kier alpha value is -2.16. The fraction of sp³-hybridized carbons (Fsp3) is 0.200. The van der Waals surface area contributed by atoms with E-state index in [1.54, 1.807) is 6.20 Å². The van der Waals surface area contributed by atoms with E-state index in [-0.39, 0.29) is 11.8 Å². The Morgan fingerprint density at radius 2 is 1.83 bits per heavy atom. The topological polar surface area (TPSA) is 56.0 Å². The van der Waals surface area contributed by atoms with Gasteiger partial charge in [0.1, 0.15) is 0 Å². The predicted molar refractivity (Wildman–Crippen MR) is 70.9 cm³/mol. The van der Waals surface area contributed by atoms with Gasteiger partial charge in [-0.1, -0.05) is 36.4 Å². The highest BCUT2D eigenvalue weighted by Crippen LogP contribution is 2.23. The van der Waals surface area contributed by atoms with Gasteiger partial charge in [-0.15, -0.1) is 0 Å². The van der Waals surface area contributed by atoms with Gasteiger partial charge in [-0.05, 0) is 30.0 Å². The molecule has 2 aromatic rings. The van der Waals surface area contributed by atoms with E-state index < -0.39 is 0 Å². The second-order valence-electron chi connectivity index (χ2n) is 4.30. The van der Waals surface area contributed by atoms with Crippen molar-refractivity contribution in [2.45, 2.75) is 18.8 Å². The Labute approximate surface area is 107 Å². The number of hydrogen-bond acceptors (Lipinski definition) is 2. The monoisotopic (exact) mass is 240 g/mol. The third-order valence-electron chi connectivity index (χ3n) is 2.90. The standard InChI is InChI=1S/C15H16N2O/c16-15(18)11-13(12-6-2-1-3-7-12)10-14-8-4-5-9-17-14/h1-9,13H,10-11H2,(H2,16,18). The summed E-state index contributed by atoms with van der Waals surface area (Å²) < 4.78 is 0. The highest BCUT2D eigenvalue weighted by atomic mass is 16.1. The number of carbonyl (C=O) groups is 1. The third-order valence-corrected chi connectivity index (χ3v) is 2.90. The van der Waals surface area contributed by atoms with Gasteiger partial charge in [0.15, 0.2) is 0 Å². The maximum atomic E-state index is 11.2. The summed E-state index contributed by atoms with van der Waals surface area (Å²) in [6.45, 7) is 0. The Balaban J connectivity index is 2.18. The van der Waals surface area contributed by atoms with Crippen LogP contribution in [0.2, 0.25) is 0 Å². The van der Waals surface area contributed by atoms with Gasteiger partial charge in [-0.2, -0.15) is 0 Å². The largest absolute Gasteiger partial charge is 0.370 e. The Kier molecular flexibility index (Phi) is 4.07. The summed E-state index contributed by atoms with van der Waals surface area (Å²) in [7, 11) is 0. The van der Waals surface area contributed by atoms with E-state index in [2.05, 4.69) is 4.98 Å². The van der Waals surface area contributed by atoms with Crippen LogP contribution in [0, 0.1) is 0 Å². The van der Waals surface area contributed by atoms with Gasteiger partial charge < -0.3 is 5.73 Å². The number of pyridine rings is 1. The molecule has 1 heterocycles. The second-order valence-corrected chi connectivity index (χ2v) is 4.30. The molecule has 18 heavy (non-hydrogen) atoms. The first-order valence-corrected chi connectivity index (χ1v) is 5.99. The quantitative estimate of drug-likeness (QED) is 0.871. The minimum Gasteiger partial charge on any atom is -0.370 e. The molecule has 0 spiro atoms. The molecule has 0 aliphatic rings. The maximum Gasteiger partial charge on any atom is 0.218 e. The van der Waals surface area contributed by atoms with Crippen molar-refractivity contribution in [3.05, 3.63) is 66.0 Å². The summed E-state index contributed by atoms with van der Waals surface area (Å²) in [5.41, 5.74) is 7.43. The number of primary amides is 1. The van der Waals surface area contributed by atoms with Crippen LogP contribution in [-0.2, 0) is 11.2 Å². The average Bonchev–Trinajstić information content (AvgIpc) is 2.40. The summed E-state index contributed by atoms with van der Waals surface area (Å²) in [5, 5.41) is 0. The van der Waals surface area contributed by atoms with E-state index in [9.17, 15) is 4.79 Å². The van der Waals surface area contributed by atoms with Gasteiger partial charge in [0.2, 0.25) is 5.91 Å². The molecule has 1 amide bonds. The Morgan fingerprint density at radius 1 is 1.11 bits per heavy atom. The second kappa shape index (κ2) is 5.96. The molecule has 0 saturated carbocycles. The van der Waals surface area contributed by atoms with Crippen LogP contribution in [0.5, 0.6) is 0 Å². The molecule has 2 N–H and O–H groups in total. The molecule has 1 unspecified atom stereocenters. The summed E-state index contributed by atoms with van der Waals surface area (Å²) in [4.78, 5) is 15.5. The lowest BCUT2D eigenvalue weighted by molar-refractivity contribution is -0.118. The van der Waals surface area contributed by atoms with Crippen LogP contribution in [0.1, 0.15) is 23.6 Å². The van der Waals surface area contributed by atoms with Gasteiger partial charge in [-0.25, -0.2) is 0 Å². The minimum atomic E-state index is -0.278. The van der Waals surface area contributed by atoms with Crippen molar-refractivity contribution in [2.75, 3.05) is 0 Å². The van der Waals surface area contributed by atoms with E-state index in [0.29, 0.717) is 6.42 Å². The lowest BCUT2D eigenvalue weighted by Crippen LogP contribution is -2.17. The van der Waals surface area contributed by atoms with Crippen LogP contribution in [0.4, 0.5) is 0 Å².